The van der Waals surface area contributed by atoms with Crippen LogP contribution in [0.25, 0.3) is 0 Å². The predicted octanol–water partition coefficient (Wildman–Crippen LogP) is 3.69. The molecule has 2 rings (SSSR count). The third-order valence-corrected chi connectivity index (χ3v) is 3.81. The molecule has 1 aromatic carbocycles. The lowest BCUT2D eigenvalue weighted by Gasteiger charge is -2.27. The molecule has 1 unspecified atom stereocenters. The number of hydrogen-bond donors (Lipinski definition) is 1. The molecule has 1 saturated heterocycles. The van der Waals surface area contributed by atoms with E-state index in [4.69, 9.17) is 11.6 Å². The van der Waals surface area contributed by atoms with Crippen LogP contribution in [0.1, 0.15) is 32.3 Å². The molecule has 0 spiro atoms. The molecule has 2 nitrogen and oxygen atoms in total. The SMILES string of the molecule is CC(C)CN(Cc1cc(F)cc(Cl)c1)CC1CCCN1. The van der Waals surface area contributed by atoms with E-state index >= 15 is 0 Å². The number of nitrogens with one attached hydrogen (secondary N) is 1. The topological polar surface area (TPSA) is 15.3 Å². The Balaban J connectivity index is 2.01. The van der Waals surface area contributed by atoms with Crippen LogP contribution in [-0.4, -0.2) is 30.6 Å². The Labute approximate surface area is 126 Å². The number of benzene rings is 1. The van der Waals surface area contributed by atoms with Gasteiger partial charge in [-0.3, -0.25) is 4.90 Å². The fraction of sp³-hybridized carbons (Fsp3) is 0.625. The molecular formula is C16H24ClFN2. The number of hydrogen-bond acceptors (Lipinski definition) is 2. The molecular weight excluding hydrogens is 275 g/mol. The minimum absolute atomic E-state index is 0.254. The zero-order chi connectivity index (χ0) is 14.5. The lowest BCUT2D eigenvalue weighted by molar-refractivity contribution is 0.216. The molecule has 4 heteroatoms. The van der Waals surface area contributed by atoms with Gasteiger partial charge in [-0.2, -0.15) is 0 Å². The summed E-state index contributed by atoms with van der Waals surface area (Å²) in [7, 11) is 0. The van der Waals surface area contributed by atoms with Gasteiger partial charge in [-0.25, -0.2) is 4.39 Å². The monoisotopic (exact) mass is 298 g/mol. The molecule has 1 fully saturated rings. The zero-order valence-corrected chi connectivity index (χ0v) is 13.1. The molecule has 1 aromatic rings. The van der Waals surface area contributed by atoms with E-state index in [1.807, 2.05) is 6.07 Å². The molecule has 20 heavy (non-hydrogen) atoms. The summed E-state index contributed by atoms with van der Waals surface area (Å²) in [6.07, 6.45) is 2.49. The molecule has 1 heterocycles. The highest BCUT2D eigenvalue weighted by Crippen LogP contribution is 2.17. The first-order valence-corrected chi connectivity index (χ1v) is 7.81. The zero-order valence-electron chi connectivity index (χ0n) is 12.3. The van der Waals surface area contributed by atoms with Gasteiger partial charge in [0.05, 0.1) is 0 Å². The van der Waals surface area contributed by atoms with Gasteiger partial charge in [0.15, 0.2) is 0 Å². The minimum Gasteiger partial charge on any atom is -0.313 e. The summed E-state index contributed by atoms with van der Waals surface area (Å²) in [5, 5.41) is 4.00. The van der Waals surface area contributed by atoms with Gasteiger partial charge in [0, 0.05) is 30.7 Å². The first-order valence-electron chi connectivity index (χ1n) is 7.43. The first-order chi connectivity index (χ1) is 9.52. The summed E-state index contributed by atoms with van der Waals surface area (Å²) in [6.45, 7) is 8.35. The van der Waals surface area contributed by atoms with E-state index in [1.54, 1.807) is 6.07 Å². The highest BCUT2D eigenvalue weighted by atomic mass is 35.5. The Morgan fingerprint density at radius 1 is 1.40 bits per heavy atom. The van der Waals surface area contributed by atoms with Gasteiger partial charge in [0.2, 0.25) is 0 Å². The smallest absolute Gasteiger partial charge is 0.125 e. The Bertz CT molecular complexity index is 410. The molecule has 0 saturated carbocycles. The van der Waals surface area contributed by atoms with Crippen molar-refractivity contribution in [2.24, 2.45) is 5.92 Å². The van der Waals surface area contributed by atoms with E-state index in [9.17, 15) is 4.39 Å². The van der Waals surface area contributed by atoms with Crippen LogP contribution in [0.3, 0.4) is 0 Å². The third-order valence-electron chi connectivity index (χ3n) is 3.59. The van der Waals surface area contributed by atoms with Gasteiger partial charge in [-0.05, 0) is 49.1 Å². The Kier molecular flexibility index (Phi) is 5.82. The van der Waals surface area contributed by atoms with Gasteiger partial charge in [-0.1, -0.05) is 25.4 Å². The Morgan fingerprint density at radius 3 is 2.80 bits per heavy atom. The maximum Gasteiger partial charge on any atom is 0.125 e. The maximum absolute atomic E-state index is 13.4. The van der Waals surface area contributed by atoms with E-state index < -0.39 is 0 Å². The molecule has 0 amide bonds. The van der Waals surface area contributed by atoms with Crippen molar-refractivity contribution in [3.8, 4) is 0 Å². The van der Waals surface area contributed by atoms with E-state index in [2.05, 4.69) is 24.1 Å². The third kappa shape index (κ3) is 5.04. The normalized spacial score (nSPS) is 19.2. The Morgan fingerprint density at radius 2 is 2.20 bits per heavy atom. The lowest BCUT2D eigenvalue weighted by atomic mass is 10.1. The summed E-state index contributed by atoms with van der Waals surface area (Å²) in [6, 6.07) is 5.37. The molecule has 1 aliphatic rings. The summed E-state index contributed by atoms with van der Waals surface area (Å²) < 4.78 is 13.4. The van der Waals surface area contributed by atoms with Crippen molar-refractivity contribution in [2.45, 2.75) is 39.3 Å². The molecule has 112 valence electrons. The molecule has 1 atom stereocenters. The number of rotatable bonds is 6. The molecule has 0 aromatic heterocycles. The molecule has 0 bridgehead atoms. The average molecular weight is 299 g/mol. The lowest BCUT2D eigenvalue weighted by Crippen LogP contribution is -2.39. The van der Waals surface area contributed by atoms with Crippen LogP contribution >= 0.6 is 11.6 Å². The van der Waals surface area contributed by atoms with Crippen molar-refractivity contribution in [3.05, 3.63) is 34.6 Å². The Hall–Kier alpha value is -0.640. The standard InChI is InChI=1S/C16H24ClFN2/c1-12(2)9-20(11-16-4-3-5-19-16)10-13-6-14(17)8-15(18)7-13/h6-8,12,16,19H,3-5,9-11H2,1-2H3. The molecule has 1 aliphatic heterocycles. The van der Waals surface area contributed by atoms with E-state index in [0.717, 1.165) is 31.7 Å². The van der Waals surface area contributed by atoms with Gasteiger partial charge >= 0.3 is 0 Å². The summed E-state index contributed by atoms with van der Waals surface area (Å²) in [4.78, 5) is 2.40. The van der Waals surface area contributed by atoms with E-state index in [0.29, 0.717) is 17.0 Å². The van der Waals surface area contributed by atoms with Crippen molar-refractivity contribution in [1.29, 1.82) is 0 Å². The maximum atomic E-state index is 13.4. The molecule has 0 aliphatic carbocycles. The van der Waals surface area contributed by atoms with Crippen molar-refractivity contribution in [1.82, 2.24) is 10.2 Å². The van der Waals surface area contributed by atoms with Crippen molar-refractivity contribution in [2.75, 3.05) is 19.6 Å². The number of nitrogens with zero attached hydrogens (tertiary/aromatic N) is 1. The number of halogens is 2. The summed E-state index contributed by atoms with van der Waals surface area (Å²) in [5.74, 6) is 0.344. The molecule has 1 N–H and O–H groups in total. The van der Waals surface area contributed by atoms with Gasteiger partial charge in [-0.15, -0.1) is 0 Å². The van der Waals surface area contributed by atoms with Crippen LogP contribution in [0.2, 0.25) is 5.02 Å². The van der Waals surface area contributed by atoms with Crippen LogP contribution in [0, 0.1) is 11.7 Å². The van der Waals surface area contributed by atoms with Crippen LogP contribution < -0.4 is 5.32 Å². The second kappa shape index (κ2) is 7.39. The van der Waals surface area contributed by atoms with E-state index in [1.165, 1.54) is 18.9 Å². The van der Waals surface area contributed by atoms with Crippen LogP contribution in [-0.2, 0) is 6.54 Å². The second-order valence-electron chi connectivity index (χ2n) is 6.16. The second-order valence-corrected chi connectivity index (χ2v) is 6.60. The van der Waals surface area contributed by atoms with Crippen LogP contribution in [0.15, 0.2) is 18.2 Å². The quantitative estimate of drug-likeness (QED) is 0.862. The van der Waals surface area contributed by atoms with Gasteiger partial charge in [0.1, 0.15) is 5.82 Å². The average Bonchev–Trinajstić information content (AvgIpc) is 2.79. The van der Waals surface area contributed by atoms with Crippen molar-refractivity contribution in [3.63, 3.8) is 0 Å². The summed E-state index contributed by atoms with van der Waals surface area (Å²) >= 11 is 5.94. The van der Waals surface area contributed by atoms with Crippen molar-refractivity contribution < 1.29 is 4.39 Å². The highest BCUT2D eigenvalue weighted by Gasteiger charge is 2.19. The van der Waals surface area contributed by atoms with Crippen molar-refractivity contribution >= 4 is 11.6 Å². The fourth-order valence-corrected chi connectivity index (χ4v) is 3.15. The summed E-state index contributed by atoms with van der Waals surface area (Å²) in [5.41, 5.74) is 0.952. The predicted molar refractivity (Wildman–Crippen MR) is 82.5 cm³/mol. The first kappa shape index (κ1) is 15.7. The van der Waals surface area contributed by atoms with Gasteiger partial charge in [0.25, 0.3) is 0 Å². The highest BCUT2D eigenvalue weighted by molar-refractivity contribution is 6.30. The van der Waals surface area contributed by atoms with Gasteiger partial charge < -0.3 is 5.32 Å². The largest absolute Gasteiger partial charge is 0.313 e. The molecule has 0 radical (unpaired) electrons. The fourth-order valence-electron chi connectivity index (χ4n) is 2.90. The minimum atomic E-state index is -0.254. The van der Waals surface area contributed by atoms with Crippen LogP contribution in [0.5, 0.6) is 0 Å². The van der Waals surface area contributed by atoms with E-state index in [-0.39, 0.29) is 5.82 Å². The van der Waals surface area contributed by atoms with Crippen LogP contribution in [0.4, 0.5) is 4.39 Å².